The highest BCUT2D eigenvalue weighted by Gasteiger charge is 2.23. The molecule has 0 N–H and O–H groups in total. The fourth-order valence-corrected chi connectivity index (χ4v) is 4.01. The Kier molecular flexibility index (Phi) is 5.71. The van der Waals surface area contributed by atoms with Gasteiger partial charge in [-0.05, 0) is 37.9 Å². The van der Waals surface area contributed by atoms with E-state index in [-0.39, 0.29) is 0 Å². The molecule has 2 rings (SSSR count). The number of rotatable bonds is 3. The zero-order chi connectivity index (χ0) is 11.4. The van der Waals surface area contributed by atoms with Crippen molar-refractivity contribution in [1.29, 1.82) is 0 Å². The summed E-state index contributed by atoms with van der Waals surface area (Å²) in [6.07, 6.45) is 8.04. The topological polar surface area (TPSA) is 6.48 Å². The van der Waals surface area contributed by atoms with Crippen molar-refractivity contribution in [3.8, 4) is 0 Å². The number of halogens is 1. The summed E-state index contributed by atoms with van der Waals surface area (Å²) in [5.41, 5.74) is 0. The lowest BCUT2D eigenvalue weighted by Gasteiger charge is -2.36. The summed E-state index contributed by atoms with van der Waals surface area (Å²) in [7, 11) is 0. The van der Waals surface area contributed by atoms with Gasteiger partial charge in [-0.1, -0.05) is 34.5 Å². The van der Waals surface area contributed by atoms with Crippen LogP contribution in [-0.2, 0) is 0 Å². The van der Waals surface area contributed by atoms with Gasteiger partial charge in [0, 0.05) is 36.6 Å². The molecule has 2 nitrogen and oxygen atoms in total. The predicted octanol–water partition coefficient (Wildman–Crippen LogP) is 2.88. The zero-order valence-corrected chi connectivity index (χ0v) is 13.2. The van der Waals surface area contributed by atoms with Gasteiger partial charge in [0.15, 0.2) is 0 Å². The van der Waals surface area contributed by atoms with Gasteiger partial charge in [-0.15, -0.1) is 0 Å². The van der Waals surface area contributed by atoms with Crippen LogP contribution in [0.2, 0.25) is 0 Å². The summed E-state index contributed by atoms with van der Waals surface area (Å²) in [5.74, 6) is 0.992. The molecule has 0 aromatic heterocycles. The summed E-state index contributed by atoms with van der Waals surface area (Å²) >= 11 is 4.52. The monoisotopic (exact) mass is 354 g/mol. The maximum atomic E-state index is 2.69. The quantitative estimate of drug-likeness (QED) is 0.437. The van der Waals surface area contributed by atoms with Crippen molar-refractivity contribution in [1.82, 2.24) is 9.21 Å². The fraction of sp³-hybridized carbons (Fsp3) is 1.00. The van der Waals surface area contributed by atoms with Gasteiger partial charge in [0.05, 0.1) is 0 Å². The second-order valence-corrected chi connectivity index (χ2v) is 7.67. The van der Waals surface area contributed by atoms with Crippen LogP contribution in [0, 0.1) is 5.92 Å². The molecular formula is C12H23IN2S. The Balaban J connectivity index is 1.66. The Morgan fingerprint density at radius 3 is 2.25 bits per heavy atom. The van der Waals surface area contributed by atoms with Crippen molar-refractivity contribution in [2.45, 2.75) is 29.6 Å². The Morgan fingerprint density at radius 1 is 1.06 bits per heavy atom. The molecular weight excluding hydrogens is 331 g/mol. The zero-order valence-electron chi connectivity index (χ0n) is 10.2. The van der Waals surface area contributed by atoms with Crippen LogP contribution in [0.3, 0.4) is 0 Å². The minimum atomic E-state index is 0.960. The van der Waals surface area contributed by atoms with Crippen LogP contribution in [0.4, 0.5) is 0 Å². The second kappa shape index (κ2) is 6.81. The van der Waals surface area contributed by atoms with Gasteiger partial charge in [-0.2, -0.15) is 0 Å². The smallest absolute Gasteiger partial charge is 0.0218 e. The fourth-order valence-electron chi connectivity index (χ4n) is 2.76. The standard InChI is InChI=1S/C12H23IN2S/c1-16-15-8-6-14(7-9-15)10-11-2-4-12(13)5-3-11/h11-12H,2-10H2,1H3. The summed E-state index contributed by atoms with van der Waals surface area (Å²) in [6, 6.07) is 0. The first-order valence-electron chi connectivity index (χ1n) is 6.43. The molecule has 1 heterocycles. The highest BCUT2D eigenvalue weighted by atomic mass is 127. The summed E-state index contributed by atoms with van der Waals surface area (Å²) in [6.45, 7) is 6.44. The molecule has 0 aromatic rings. The Labute approximate surface area is 118 Å². The second-order valence-electron chi connectivity index (χ2n) is 5.03. The highest BCUT2D eigenvalue weighted by Crippen LogP contribution is 2.29. The average Bonchev–Trinajstić information content (AvgIpc) is 2.33. The largest absolute Gasteiger partial charge is 0.300 e. The summed E-state index contributed by atoms with van der Waals surface area (Å²) < 4.78 is 3.44. The van der Waals surface area contributed by atoms with Crippen LogP contribution < -0.4 is 0 Å². The van der Waals surface area contributed by atoms with Crippen molar-refractivity contribution >= 4 is 34.5 Å². The molecule has 4 heteroatoms. The minimum Gasteiger partial charge on any atom is -0.300 e. The molecule has 1 saturated heterocycles. The van der Waals surface area contributed by atoms with Gasteiger partial charge >= 0.3 is 0 Å². The average molecular weight is 354 g/mol. The lowest BCUT2D eigenvalue weighted by atomic mass is 9.89. The van der Waals surface area contributed by atoms with Crippen molar-refractivity contribution in [2.75, 3.05) is 39.0 Å². The molecule has 0 amide bonds. The van der Waals surface area contributed by atoms with Gasteiger partial charge in [0.1, 0.15) is 0 Å². The molecule has 1 aliphatic carbocycles. The first-order chi connectivity index (χ1) is 7.78. The molecule has 1 saturated carbocycles. The molecule has 0 aromatic carbocycles. The third kappa shape index (κ3) is 4.03. The third-order valence-electron chi connectivity index (χ3n) is 3.88. The van der Waals surface area contributed by atoms with E-state index in [0.717, 1.165) is 9.84 Å². The van der Waals surface area contributed by atoms with Crippen molar-refractivity contribution in [2.24, 2.45) is 5.92 Å². The predicted molar refractivity (Wildman–Crippen MR) is 81.3 cm³/mol. The van der Waals surface area contributed by atoms with E-state index in [1.807, 2.05) is 11.9 Å². The van der Waals surface area contributed by atoms with Crippen molar-refractivity contribution < 1.29 is 0 Å². The van der Waals surface area contributed by atoms with Crippen molar-refractivity contribution in [3.63, 3.8) is 0 Å². The van der Waals surface area contributed by atoms with Gasteiger partial charge in [-0.25, -0.2) is 4.31 Å². The van der Waals surface area contributed by atoms with Gasteiger partial charge in [-0.3, -0.25) is 0 Å². The van der Waals surface area contributed by atoms with E-state index in [2.05, 4.69) is 38.1 Å². The molecule has 2 aliphatic rings. The lowest BCUT2D eigenvalue weighted by molar-refractivity contribution is 0.156. The van der Waals surface area contributed by atoms with Crippen molar-refractivity contribution in [3.05, 3.63) is 0 Å². The molecule has 94 valence electrons. The Bertz CT molecular complexity index is 199. The molecule has 0 bridgehead atoms. The molecule has 1 aliphatic heterocycles. The number of alkyl halides is 1. The van der Waals surface area contributed by atoms with Crippen LogP contribution in [0.5, 0.6) is 0 Å². The first-order valence-corrected chi connectivity index (χ1v) is 8.86. The van der Waals surface area contributed by atoms with E-state index in [1.165, 1.54) is 58.4 Å². The van der Waals surface area contributed by atoms with Crippen LogP contribution in [-0.4, -0.2) is 52.1 Å². The molecule has 16 heavy (non-hydrogen) atoms. The Morgan fingerprint density at radius 2 is 1.69 bits per heavy atom. The minimum absolute atomic E-state index is 0.960. The van der Waals surface area contributed by atoms with E-state index >= 15 is 0 Å². The number of piperazine rings is 1. The molecule has 0 spiro atoms. The van der Waals surface area contributed by atoms with E-state index in [4.69, 9.17) is 0 Å². The van der Waals surface area contributed by atoms with Crippen LogP contribution in [0.15, 0.2) is 0 Å². The molecule has 0 unspecified atom stereocenters. The van der Waals surface area contributed by atoms with E-state index in [0.29, 0.717) is 0 Å². The number of hydrogen-bond donors (Lipinski definition) is 0. The van der Waals surface area contributed by atoms with Crippen LogP contribution >= 0.6 is 34.5 Å². The van der Waals surface area contributed by atoms with Gasteiger partial charge in [0.25, 0.3) is 0 Å². The van der Waals surface area contributed by atoms with Crippen LogP contribution in [0.1, 0.15) is 25.7 Å². The molecule has 0 radical (unpaired) electrons. The first kappa shape index (κ1) is 13.4. The summed E-state index contributed by atoms with van der Waals surface area (Å²) in [5, 5.41) is 0. The Hall–Kier alpha value is 1.00. The normalized spacial score (nSPS) is 34.1. The molecule has 2 fully saturated rings. The number of hydrogen-bond acceptors (Lipinski definition) is 3. The van der Waals surface area contributed by atoms with Gasteiger partial charge in [0.2, 0.25) is 0 Å². The van der Waals surface area contributed by atoms with E-state index in [1.54, 1.807) is 0 Å². The summed E-state index contributed by atoms with van der Waals surface area (Å²) in [4.78, 5) is 2.69. The van der Waals surface area contributed by atoms with Gasteiger partial charge < -0.3 is 4.90 Å². The molecule has 0 atom stereocenters. The lowest BCUT2D eigenvalue weighted by Crippen LogP contribution is -2.45. The SMILES string of the molecule is CSN1CCN(CC2CCC(I)CC2)CC1. The highest BCUT2D eigenvalue weighted by molar-refractivity contribution is 14.1. The number of nitrogens with zero attached hydrogens (tertiary/aromatic N) is 2. The van der Waals surface area contributed by atoms with E-state index in [9.17, 15) is 0 Å². The maximum Gasteiger partial charge on any atom is 0.0218 e. The maximum absolute atomic E-state index is 2.69. The third-order valence-corrected chi connectivity index (χ3v) is 6.01. The van der Waals surface area contributed by atoms with Crippen LogP contribution in [0.25, 0.3) is 0 Å². The van der Waals surface area contributed by atoms with E-state index < -0.39 is 0 Å².